The van der Waals surface area contributed by atoms with Gasteiger partial charge < -0.3 is 14.2 Å². The summed E-state index contributed by atoms with van der Waals surface area (Å²) in [5.74, 6) is 0. The summed E-state index contributed by atoms with van der Waals surface area (Å²) in [7, 11) is 1.60. The predicted octanol–water partition coefficient (Wildman–Crippen LogP) is 2.77. The average molecular weight is 236 g/mol. The first-order chi connectivity index (χ1) is 8.36. The van der Waals surface area contributed by atoms with E-state index in [1.165, 1.54) is 5.56 Å². The molecule has 0 bridgehead atoms. The summed E-state index contributed by atoms with van der Waals surface area (Å²) in [5, 5.41) is 0. The molecule has 94 valence electrons. The second kappa shape index (κ2) is 8.93. The molecular formula is C14H20O3. The van der Waals surface area contributed by atoms with Crippen LogP contribution in [-0.2, 0) is 20.8 Å². The maximum Gasteiger partial charge on any atom is 0.147 e. The lowest BCUT2D eigenvalue weighted by atomic mass is 10.2. The highest BCUT2D eigenvalue weighted by molar-refractivity contribution is 5.13. The van der Waals surface area contributed by atoms with Crippen molar-refractivity contribution in [2.45, 2.75) is 19.1 Å². The Hall–Kier alpha value is -1.16. The molecule has 1 rings (SSSR count). The maximum absolute atomic E-state index is 5.56. The van der Waals surface area contributed by atoms with E-state index in [9.17, 15) is 0 Å². The van der Waals surface area contributed by atoms with Crippen molar-refractivity contribution in [2.75, 3.05) is 20.5 Å². The Morgan fingerprint density at radius 1 is 1.29 bits per heavy atom. The van der Waals surface area contributed by atoms with Gasteiger partial charge in [-0.1, -0.05) is 36.4 Å². The minimum Gasteiger partial charge on any atom is -0.377 e. The summed E-state index contributed by atoms with van der Waals surface area (Å²) in [4.78, 5) is 0. The van der Waals surface area contributed by atoms with Crippen molar-refractivity contribution in [1.82, 2.24) is 0 Å². The standard InChI is InChI=1S/C14H20O3/c1-3-14(17-12-15-2)9-10-16-11-13-7-5-4-6-8-13/h3-8,14H,1,9-12H2,2H3/t14-/m1/s1. The summed E-state index contributed by atoms with van der Waals surface area (Å²) in [6, 6.07) is 10.1. The monoisotopic (exact) mass is 236 g/mol. The minimum atomic E-state index is -0.00859. The van der Waals surface area contributed by atoms with Gasteiger partial charge in [0, 0.05) is 20.1 Å². The average Bonchev–Trinajstić information content (AvgIpc) is 2.39. The summed E-state index contributed by atoms with van der Waals surface area (Å²) in [6.07, 6.45) is 2.55. The molecule has 0 aromatic heterocycles. The molecule has 0 radical (unpaired) electrons. The molecule has 1 aromatic carbocycles. The molecule has 0 N–H and O–H groups in total. The highest BCUT2D eigenvalue weighted by Crippen LogP contribution is 2.04. The van der Waals surface area contributed by atoms with Crippen LogP contribution in [0.3, 0.4) is 0 Å². The van der Waals surface area contributed by atoms with Crippen LogP contribution < -0.4 is 0 Å². The molecule has 3 heteroatoms. The van der Waals surface area contributed by atoms with E-state index in [0.29, 0.717) is 13.2 Å². The Morgan fingerprint density at radius 2 is 2.06 bits per heavy atom. The third-order valence-electron chi connectivity index (χ3n) is 2.32. The molecule has 0 aliphatic heterocycles. The van der Waals surface area contributed by atoms with Crippen LogP contribution >= 0.6 is 0 Å². The quantitative estimate of drug-likeness (QED) is 0.375. The molecule has 0 spiro atoms. The Bertz CT molecular complexity index is 298. The van der Waals surface area contributed by atoms with Crippen LogP contribution in [-0.4, -0.2) is 26.6 Å². The van der Waals surface area contributed by atoms with Gasteiger partial charge in [-0.25, -0.2) is 0 Å². The molecule has 1 atom stereocenters. The Labute approximate surface area is 103 Å². The van der Waals surface area contributed by atoms with Gasteiger partial charge in [-0.05, 0) is 5.56 Å². The van der Waals surface area contributed by atoms with Gasteiger partial charge in [-0.3, -0.25) is 0 Å². The van der Waals surface area contributed by atoms with Gasteiger partial charge in [-0.15, -0.1) is 6.58 Å². The number of hydrogen-bond acceptors (Lipinski definition) is 3. The van der Waals surface area contributed by atoms with Gasteiger partial charge in [0.1, 0.15) is 6.79 Å². The largest absolute Gasteiger partial charge is 0.377 e. The smallest absolute Gasteiger partial charge is 0.147 e. The lowest BCUT2D eigenvalue weighted by Crippen LogP contribution is -2.14. The first kappa shape index (κ1) is 13.9. The summed E-state index contributed by atoms with van der Waals surface area (Å²) < 4.78 is 15.8. The lowest BCUT2D eigenvalue weighted by molar-refractivity contribution is -0.0640. The van der Waals surface area contributed by atoms with Crippen LogP contribution in [0.1, 0.15) is 12.0 Å². The second-order valence-electron chi connectivity index (χ2n) is 3.67. The van der Waals surface area contributed by atoms with E-state index in [1.54, 1.807) is 13.2 Å². The normalized spacial score (nSPS) is 12.3. The number of benzene rings is 1. The molecule has 0 fully saturated rings. The van der Waals surface area contributed by atoms with Crippen molar-refractivity contribution in [1.29, 1.82) is 0 Å². The van der Waals surface area contributed by atoms with E-state index in [-0.39, 0.29) is 12.9 Å². The molecule has 0 amide bonds. The van der Waals surface area contributed by atoms with Crippen molar-refractivity contribution in [2.24, 2.45) is 0 Å². The van der Waals surface area contributed by atoms with Crippen molar-refractivity contribution < 1.29 is 14.2 Å². The van der Waals surface area contributed by atoms with E-state index < -0.39 is 0 Å². The van der Waals surface area contributed by atoms with Crippen LogP contribution in [0.5, 0.6) is 0 Å². The van der Waals surface area contributed by atoms with Crippen LogP contribution in [0.25, 0.3) is 0 Å². The Balaban J connectivity index is 2.12. The van der Waals surface area contributed by atoms with Gasteiger partial charge in [0.15, 0.2) is 0 Å². The summed E-state index contributed by atoms with van der Waals surface area (Å²) in [6.45, 7) is 5.28. The third-order valence-corrected chi connectivity index (χ3v) is 2.32. The van der Waals surface area contributed by atoms with Gasteiger partial charge in [0.25, 0.3) is 0 Å². The molecule has 17 heavy (non-hydrogen) atoms. The molecule has 0 unspecified atom stereocenters. The predicted molar refractivity (Wildman–Crippen MR) is 67.7 cm³/mol. The third kappa shape index (κ3) is 6.22. The fourth-order valence-corrected chi connectivity index (χ4v) is 1.39. The highest BCUT2D eigenvalue weighted by Gasteiger charge is 2.03. The number of methoxy groups -OCH3 is 1. The zero-order valence-electron chi connectivity index (χ0n) is 10.3. The van der Waals surface area contributed by atoms with Crippen LogP contribution in [0.15, 0.2) is 43.0 Å². The maximum atomic E-state index is 5.56. The molecular weight excluding hydrogens is 216 g/mol. The fourth-order valence-electron chi connectivity index (χ4n) is 1.39. The van der Waals surface area contributed by atoms with Crippen molar-refractivity contribution in [3.8, 4) is 0 Å². The Kier molecular flexibility index (Phi) is 7.30. The Morgan fingerprint density at radius 3 is 2.71 bits per heavy atom. The van der Waals surface area contributed by atoms with Gasteiger partial charge in [0.05, 0.1) is 12.7 Å². The van der Waals surface area contributed by atoms with Crippen molar-refractivity contribution in [3.05, 3.63) is 48.6 Å². The van der Waals surface area contributed by atoms with Crippen molar-refractivity contribution >= 4 is 0 Å². The van der Waals surface area contributed by atoms with E-state index in [4.69, 9.17) is 14.2 Å². The highest BCUT2D eigenvalue weighted by atomic mass is 16.7. The molecule has 3 nitrogen and oxygen atoms in total. The molecule has 0 saturated carbocycles. The van der Waals surface area contributed by atoms with Crippen LogP contribution in [0.4, 0.5) is 0 Å². The van der Waals surface area contributed by atoms with Crippen LogP contribution in [0.2, 0.25) is 0 Å². The topological polar surface area (TPSA) is 27.7 Å². The summed E-state index contributed by atoms with van der Waals surface area (Å²) >= 11 is 0. The molecule has 0 aliphatic carbocycles. The molecule has 1 aromatic rings. The van der Waals surface area contributed by atoms with Crippen molar-refractivity contribution in [3.63, 3.8) is 0 Å². The van der Waals surface area contributed by atoms with E-state index in [2.05, 4.69) is 6.58 Å². The summed E-state index contributed by atoms with van der Waals surface area (Å²) in [5.41, 5.74) is 1.18. The van der Waals surface area contributed by atoms with Crippen LogP contribution in [0, 0.1) is 0 Å². The van der Waals surface area contributed by atoms with E-state index in [0.717, 1.165) is 6.42 Å². The first-order valence-electron chi connectivity index (χ1n) is 5.71. The number of rotatable bonds is 9. The lowest BCUT2D eigenvalue weighted by Gasteiger charge is -2.13. The zero-order chi connectivity index (χ0) is 12.3. The second-order valence-corrected chi connectivity index (χ2v) is 3.67. The molecule has 0 heterocycles. The van der Waals surface area contributed by atoms with Gasteiger partial charge in [-0.2, -0.15) is 0 Å². The molecule has 0 aliphatic rings. The minimum absolute atomic E-state index is 0.00859. The number of hydrogen-bond donors (Lipinski definition) is 0. The first-order valence-corrected chi connectivity index (χ1v) is 5.71. The van der Waals surface area contributed by atoms with E-state index >= 15 is 0 Å². The molecule has 0 saturated heterocycles. The fraction of sp³-hybridized carbons (Fsp3) is 0.429. The van der Waals surface area contributed by atoms with Gasteiger partial charge >= 0.3 is 0 Å². The number of ether oxygens (including phenoxy) is 3. The van der Waals surface area contributed by atoms with Gasteiger partial charge in [0.2, 0.25) is 0 Å². The van der Waals surface area contributed by atoms with E-state index in [1.807, 2.05) is 30.3 Å². The zero-order valence-corrected chi connectivity index (χ0v) is 10.3. The SMILES string of the molecule is C=C[C@H](CCOCc1ccccc1)OCOC.